The molecule has 0 aromatic carbocycles. The minimum absolute atomic E-state index is 0. The number of nitrogens with one attached hydrogen (secondary N) is 1. The van der Waals surface area contributed by atoms with Gasteiger partial charge in [-0.2, -0.15) is 0 Å². The molecule has 0 spiro atoms. The van der Waals surface area contributed by atoms with Gasteiger partial charge in [0.1, 0.15) is 0 Å². The minimum atomic E-state index is -0.0110. The Bertz CT molecular complexity index is 288. The lowest BCUT2D eigenvalue weighted by Gasteiger charge is -1.89. The molecule has 1 aromatic rings. The topological polar surface area (TPSA) is 42.0 Å². The fourth-order valence-electron chi connectivity index (χ4n) is 1.05. The first-order valence-corrected chi connectivity index (χ1v) is 3.09. The third kappa shape index (κ3) is 1.19. The summed E-state index contributed by atoms with van der Waals surface area (Å²) in [5.74, 6) is -0.0110. The second-order valence-electron chi connectivity index (χ2n) is 2.22. The van der Waals surface area contributed by atoms with Crippen LogP contribution in [0, 0.1) is 0 Å². The first-order valence-electron chi connectivity index (χ1n) is 3.09. The molecule has 0 radical (unpaired) electrons. The maximum atomic E-state index is 10.9. The van der Waals surface area contributed by atoms with Crippen LogP contribution in [-0.4, -0.2) is 10.9 Å². The molecule has 1 N–H and O–H groups in total. The number of nitrogens with zero attached hydrogens (tertiary/aromatic N) is 1. The number of carbonyl (C=O) groups is 1. The van der Waals surface area contributed by atoms with Crippen molar-refractivity contribution in [3.8, 4) is 0 Å². The van der Waals surface area contributed by atoms with Crippen molar-refractivity contribution in [3.63, 3.8) is 0 Å². The summed E-state index contributed by atoms with van der Waals surface area (Å²) < 4.78 is 0. The zero-order valence-corrected chi connectivity index (χ0v) is 6.52. The van der Waals surface area contributed by atoms with E-state index >= 15 is 0 Å². The van der Waals surface area contributed by atoms with Gasteiger partial charge in [0.25, 0.3) is 5.91 Å². The lowest BCUT2D eigenvalue weighted by Crippen LogP contribution is -2.12. The van der Waals surface area contributed by atoms with Crippen LogP contribution in [0.1, 0.15) is 15.9 Å². The van der Waals surface area contributed by atoms with Gasteiger partial charge >= 0.3 is 0 Å². The van der Waals surface area contributed by atoms with Crippen LogP contribution in [0.25, 0.3) is 0 Å². The number of hydrogen-bond acceptors (Lipinski definition) is 2. The van der Waals surface area contributed by atoms with Gasteiger partial charge in [0, 0.05) is 18.9 Å². The first kappa shape index (κ1) is 8.01. The Morgan fingerprint density at radius 2 is 2.36 bits per heavy atom. The van der Waals surface area contributed by atoms with Crippen molar-refractivity contribution in [2.75, 3.05) is 0 Å². The SMILES string of the molecule is Cl.O=C1NCc2ccncc21. The third-order valence-electron chi connectivity index (χ3n) is 1.60. The summed E-state index contributed by atoms with van der Waals surface area (Å²) in [5, 5.41) is 2.71. The molecule has 0 saturated heterocycles. The zero-order valence-electron chi connectivity index (χ0n) is 5.70. The van der Waals surface area contributed by atoms with Crippen molar-refractivity contribution in [2.45, 2.75) is 6.54 Å². The molecule has 0 saturated carbocycles. The highest BCUT2D eigenvalue weighted by molar-refractivity contribution is 5.97. The number of fused-ring (bicyclic) bond motifs is 1. The predicted molar refractivity (Wildman–Crippen MR) is 42.7 cm³/mol. The molecule has 1 aromatic heterocycles. The van der Waals surface area contributed by atoms with Crippen LogP contribution in [-0.2, 0) is 6.54 Å². The average Bonchev–Trinajstić information content (AvgIpc) is 2.34. The van der Waals surface area contributed by atoms with Crippen molar-refractivity contribution >= 4 is 18.3 Å². The van der Waals surface area contributed by atoms with E-state index in [1.54, 1.807) is 12.4 Å². The Morgan fingerprint density at radius 1 is 1.55 bits per heavy atom. The number of amides is 1. The van der Waals surface area contributed by atoms with Crippen LogP contribution in [0.4, 0.5) is 0 Å². The summed E-state index contributed by atoms with van der Waals surface area (Å²) in [7, 11) is 0. The van der Waals surface area contributed by atoms with E-state index in [9.17, 15) is 4.79 Å². The molecule has 0 atom stereocenters. The summed E-state index contributed by atoms with van der Waals surface area (Å²) in [5.41, 5.74) is 1.75. The predicted octanol–water partition coefficient (Wildman–Crippen LogP) is 0.747. The van der Waals surface area contributed by atoms with Gasteiger partial charge in [-0.15, -0.1) is 12.4 Å². The molecule has 1 aliphatic heterocycles. The van der Waals surface area contributed by atoms with Crippen LogP contribution in [0.5, 0.6) is 0 Å². The summed E-state index contributed by atoms with van der Waals surface area (Å²) in [6.07, 6.45) is 3.29. The summed E-state index contributed by atoms with van der Waals surface area (Å²) in [6.45, 7) is 0.649. The molecule has 3 nitrogen and oxygen atoms in total. The van der Waals surface area contributed by atoms with Gasteiger partial charge in [0.05, 0.1) is 5.56 Å². The van der Waals surface area contributed by atoms with Gasteiger partial charge in [-0.25, -0.2) is 0 Å². The fourth-order valence-corrected chi connectivity index (χ4v) is 1.05. The second-order valence-corrected chi connectivity index (χ2v) is 2.22. The van der Waals surface area contributed by atoms with E-state index in [-0.39, 0.29) is 18.3 Å². The van der Waals surface area contributed by atoms with Gasteiger partial charge in [0.2, 0.25) is 0 Å². The molecule has 0 fully saturated rings. The lowest BCUT2D eigenvalue weighted by atomic mass is 10.2. The van der Waals surface area contributed by atoms with Gasteiger partial charge in [0.15, 0.2) is 0 Å². The highest BCUT2D eigenvalue weighted by atomic mass is 35.5. The van der Waals surface area contributed by atoms with E-state index in [0.717, 1.165) is 5.56 Å². The van der Waals surface area contributed by atoms with E-state index < -0.39 is 0 Å². The monoisotopic (exact) mass is 170 g/mol. The van der Waals surface area contributed by atoms with Crippen molar-refractivity contribution in [2.24, 2.45) is 0 Å². The second kappa shape index (κ2) is 2.88. The van der Waals surface area contributed by atoms with E-state index in [4.69, 9.17) is 0 Å². The molecule has 2 rings (SSSR count). The maximum Gasteiger partial charge on any atom is 0.253 e. The van der Waals surface area contributed by atoms with Crippen LogP contribution >= 0.6 is 12.4 Å². The highest BCUT2D eigenvalue weighted by Crippen LogP contribution is 2.11. The largest absolute Gasteiger partial charge is 0.348 e. The normalized spacial score (nSPS) is 13.3. The number of halogens is 1. The summed E-state index contributed by atoms with van der Waals surface area (Å²) >= 11 is 0. The zero-order chi connectivity index (χ0) is 6.97. The number of pyridine rings is 1. The van der Waals surface area contributed by atoms with Crippen LogP contribution < -0.4 is 5.32 Å². The Morgan fingerprint density at radius 3 is 3.09 bits per heavy atom. The van der Waals surface area contributed by atoms with E-state index in [2.05, 4.69) is 10.3 Å². The van der Waals surface area contributed by atoms with Gasteiger partial charge in [-0.3, -0.25) is 9.78 Å². The molecule has 0 bridgehead atoms. The van der Waals surface area contributed by atoms with E-state index in [0.29, 0.717) is 12.1 Å². The molecule has 0 aliphatic carbocycles. The van der Waals surface area contributed by atoms with E-state index in [1.165, 1.54) is 0 Å². The lowest BCUT2D eigenvalue weighted by molar-refractivity contribution is 0.0965. The maximum absolute atomic E-state index is 10.9. The Hall–Kier alpha value is -1.09. The number of carbonyl (C=O) groups excluding carboxylic acids is 1. The third-order valence-corrected chi connectivity index (χ3v) is 1.60. The molecule has 1 aliphatic rings. The average molecular weight is 171 g/mol. The smallest absolute Gasteiger partial charge is 0.253 e. The van der Waals surface area contributed by atoms with Crippen molar-refractivity contribution < 1.29 is 4.79 Å². The number of rotatable bonds is 0. The Kier molecular flexibility index (Phi) is 2.10. The summed E-state index contributed by atoms with van der Waals surface area (Å²) in [4.78, 5) is 14.8. The van der Waals surface area contributed by atoms with E-state index in [1.807, 2.05) is 6.07 Å². The first-order chi connectivity index (χ1) is 4.88. The van der Waals surface area contributed by atoms with Crippen molar-refractivity contribution in [3.05, 3.63) is 29.6 Å². The molecule has 0 unspecified atom stereocenters. The molecule has 58 valence electrons. The fraction of sp³-hybridized carbons (Fsp3) is 0.143. The molecule has 2 heterocycles. The molecular weight excluding hydrogens is 164 g/mol. The standard InChI is InChI=1S/C7H6N2O.ClH/c10-7-6-4-8-2-1-5(6)3-9-7;/h1-2,4H,3H2,(H,9,10);1H. The Labute approximate surface area is 70.2 Å². The number of hydrogen-bond donors (Lipinski definition) is 1. The van der Waals surface area contributed by atoms with Crippen molar-refractivity contribution in [1.82, 2.24) is 10.3 Å². The number of aromatic nitrogens is 1. The molecule has 11 heavy (non-hydrogen) atoms. The molecular formula is C7H7ClN2O. The Balaban J connectivity index is 0.000000605. The van der Waals surface area contributed by atoms with Crippen molar-refractivity contribution in [1.29, 1.82) is 0 Å². The summed E-state index contributed by atoms with van der Waals surface area (Å²) in [6, 6.07) is 1.85. The van der Waals surface area contributed by atoms with Gasteiger partial charge in [-0.05, 0) is 11.6 Å². The minimum Gasteiger partial charge on any atom is -0.348 e. The van der Waals surface area contributed by atoms with Gasteiger partial charge < -0.3 is 5.32 Å². The quantitative estimate of drug-likeness (QED) is 0.624. The highest BCUT2D eigenvalue weighted by Gasteiger charge is 2.17. The van der Waals surface area contributed by atoms with Gasteiger partial charge in [-0.1, -0.05) is 0 Å². The molecule has 4 heteroatoms. The van der Waals surface area contributed by atoms with Crippen LogP contribution in [0.2, 0.25) is 0 Å². The molecule has 1 amide bonds. The van der Waals surface area contributed by atoms with Crippen LogP contribution in [0.15, 0.2) is 18.5 Å². The van der Waals surface area contributed by atoms with Crippen LogP contribution in [0.3, 0.4) is 0 Å².